The summed E-state index contributed by atoms with van der Waals surface area (Å²) in [6.07, 6.45) is 2.29. The first kappa shape index (κ1) is 14.4. The van der Waals surface area contributed by atoms with E-state index >= 15 is 0 Å². The van der Waals surface area contributed by atoms with E-state index in [1.165, 1.54) is 36.3 Å². The largest absolute Gasteiger partial charge is 0.371 e. The molecule has 19 heavy (non-hydrogen) atoms. The fourth-order valence-corrected chi connectivity index (χ4v) is 3.08. The first-order chi connectivity index (χ1) is 8.91. The van der Waals surface area contributed by atoms with Crippen LogP contribution in [0.25, 0.3) is 0 Å². The molecule has 1 unspecified atom stereocenters. The highest BCUT2D eigenvalue weighted by molar-refractivity contribution is 5.55. The van der Waals surface area contributed by atoms with Gasteiger partial charge in [-0.1, -0.05) is 32.9 Å². The summed E-state index contributed by atoms with van der Waals surface area (Å²) in [5.41, 5.74) is 10.2. The van der Waals surface area contributed by atoms with Gasteiger partial charge in [0.05, 0.1) is 0 Å². The summed E-state index contributed by atoms with van der Waals surface area (Å²) in [6, 6.07) is 6.82. The Morgan fingerprint density at radius 3 is 2.58 bits per heavy atom. The van der Waals surface area contributed by atoms with Gasteiger partial charge >= 0.3 is 0 Å². The van der Waals surface area contributed by atoms with Crippen LogP contribution >= 0.6 is 0 Å². The smallest absolute Gasteiger partial charge is 0.0396 e. The van der Waals surface area contributed by atoms with Crippen molar-refractivity contribution >= 4 is 5.69 Å². The van der Waals surface area contributed by atoms with Gasteiger partial charge in [-0.3, -0.25) is 0 Å². The first-order valence-electron chi connectivity index (χ1n) is 7.46. The zero-order valence-electron chi connectivity index (χ0n) is 12.9. The van der Waals surface area contributed by atoms with Gasteiger partial charge < -0.3 is 10.6 Å². The van der Waals surface area contributed by atoms with Crippen LogP contribution in [0.15, 0.2) is 18.2 Å². The molecule has 0 bridgehead atoms. The Bertz CT molecular complexity index is 431. The molecule has 0 aliphatic carbocycles. The van der Waals surface area contributed by atoms with Crippen molar-refractivity contribution in [2.75, 3.05) is 24.5 Å². The lowest BCUT2D eigenvalue weighted by Gasteiger charge is -2.28. The molecular formula is C17H28N2. The number of hydrogen-bond donors (Lipinski definition) is 1. The second kappa shape index (κ2) is 5.54. The minimum Gasteiger partial charge on any atom is -0.371 e. The average molecular weight is 260 g/mol. The molecule has 1 aliphatic heterocycles. The van der Waals surface area contributed by atoms with Gasteiger partial charge in [-0.05, 0) is 54.8 Å². The van der Waals surface area contributed by atoms with E-state index in [2.05, 4.69) is 50.8 Å². The molecular weight excluding hydrogens is 232 g/mol. The topological polar surface area (TPSA) is 29.3 Å². The number of benzene rings is 1. The summed E-state index contributed by atoms with van der Waals surface area (Å²) in [5, 5.41) is 0. The number of hydrogen-bond acceptors (Lipinski definition) is 2. The summed E-state index contributed by atoms with van der Waals surface area (Å²) >= 11 is 0. The molecule has 2 nitrogen and oxygen atoms in total. The maximum absolute atomic E-state index is 5.63. The third-order valence-electron chi connectivity index (χ3n) is 4.45. The average Bonchev–Trinajstić information content (AvgIpc) is 2.78. The van der Waals surface area contributed by atoms with Crippen molar-refractivity contribution in [2.24, 2.45) is 17.1 Å². The molecule has 2 rings (SSSR count). The van der Waals surface area contributed by atoms with E-state index in [1.807, 2.05) is 0 Å². The number of nitrogens with zero attached hydrogens (tertiary/aromatic N) is 1. The van der Waals surface area contributed by atoms with Crippen molar-refractivity contribution in [2.45, 2.75) is 40.5 Å². The van der Waals surface area contributed by atoms with Crippen molar-refractivity contribution in [3.8, 4) is 0 Å². The van der Waals surface area contributed by atoms with E-state index in [0.29, 0.717) is 5.41 Å². The molecule has 1 fully saturated rings. The highest BCUT2D eigenvalue weighted by Crippen LogP contribution is 2.36. The van der Waals surface area contributed by atoms with Crippen LogP contribution < -0.4 is 10.6 Å². The van der Waals surface area contributed by atoms with Gasteiger partial charge in [-0.15, -0.1) is 0 Å². The predicted octanol–water partition coefficient (Wildman–Crippen LogP) is 3.37. The van der Waals surface area contributed by atoms with Crippen LogP contribution in [0.5, 0.6) is 0 Å². The fourth-order valence-electron chi connectivity index (χ4n) is 3.08. The van der Waals surface area contributed by atoms with Gasteiger partial charge in [-0.25, -0.2) is 0 Å². The van der Waals surface area contributed by atoms with Gasteiger partial charge in [0.15, 0.2) is 0 Å². The van der Waals surface area contributed by atoms with Crippen LogP contribution in [-0.4, -0.2) is 19.6 Å². The van der Waals surface area contributed by atoms with Gasteiger partial charge in [-0.2, -0.15) is 0 Å². The second-order valence-corrected chi connectivity index (χ2v) is 6.96. The van der Waals surface area contributed by atoms with E-state index in [4.69, 9.17) is 5.73 Å². The van der Waals surface area contributed by atoms with Crippen LogP contribution in [0, 0.1) is 18.3 Å². The minimum atomic E-state index is 0.419. The summed E-state index contributed by atoms with van der Waals surface area (Å²) < 4.78 is 0. The maximum atomic E-state index is 5.63. The number of anilines is 1. The molecule has 0 amide bonds. The monoisotopic (exact) mass is 260 g/mol. The number of rotatable bonds is 3. The molecule has 0 spiro atoms. The lowest BCUT2D eigenvalue weighted by Crippen LogP contribution is -2.26. The van der Waals surface area contributed by atoms with Gasteiger partial charge in [0.2, 0.25) is 0 Å². The molecule has 106 valence electrons. The second-order valence-electron chi connectivity index (χ2n) is 6.96. The van der Waals surface area contributed by atoms with E-state index in [-0.39, 0.29) is 0 Å². The van der Waals surface area contributed by atoms with Crippen molar-refractivity contribution in [3.05, 3.63) is 29.3 Å². The quantitative estimate of drug-likeness (QED) is 0.903. The lowest BCUT2D eigenvalue weighted by molar-refractivity contribution is 0.263. The molecule has 0 aromatic heterocycles. The molecule has 1 saturated heterocycles. The molecule has 2 N–H and O–H groups in total. The summed E-state index contributed by atoms with van der Waals surface area (Å²) in [7, 11) is 0. The predicted molar refractivity (Wildman–Crippen MR) is 83.7 cm³/mol. The zero-order valence-corrected chi connectivity index (χ0v) is 12.9. The highest BCUT2D eigenvalue weighted by atomic mass is 15.2. The SMILES string of the molecule is Cc1cc(CCN)ccc1N1CCC(C(C)(C)C)C1. The standard InChI is InChI=1S/C17H28N2/c1-13-11-14(7-9-18)5-6-16(13)19-10-8-15(12-19)17(2,3)4/h5-6,11,15H,7-10,12,18H2,1-4H3. The van der Waals surface area contributed by atoms with Crippen LogP contribution in [0.4, 0.5) is 5.69 Å². The van der Waals surface area contributed by atoms with E-state index in [9.17, 15) is 0 Å². The third kappa shape index (κ3) is 3.30. The van der Waals surface area contributed by atoms with Gasteiger partial charge in [0, 0.05) is 18.8 Å². The van der Waals surface area contributed by atoms with E-state index in [0.717, 1.165) is 18.9 Å². The van der Waals surface area contributed by atoms with Crippen LogP contribution in [-0.2, 0) is 6.42 Å². The summed E-state index contributed by atoms with van der Waals surface area (Å²) in [4.78, 5) is 2.55. The molecule has 0 saturated carbocycles. The molecule has 2 heteroatoms. The fraction of sp³-hybridized carbons (Fsp3) is 0.647. The Morgan fingerprint density at radius 1 is 1.32 bits per heavy atom. The van der Waals surface area contributed by atoms with Crippen molar-refractivity contribution in [1.82, 2.24) is 0 Å². The summed E-state index contributed by atoms with van der Waals surface area (Å²) in [6.45, 7) is 12.4. The van der Waals surface area contributed by atoms with Crippen LogP contribution in [0.1, 0.15) is 38.3 Å². The van der Waals surface area contributed by atoms with Gasteiger partial charge in [0.1, 0.15) is 0 Å². The Kier molecular flexibility index (Phi) is 4.19. The van der Waals surface area contributed by atoms with Crippen molar-refractivity contribution < 1.29 is 0 Å². The van der Waals surface area contributed by atoms with Crippen molar-refractivity contribution in [1.29, 1.82) is 0 Å². The minimum absolute atomic E-state index is 0.419. The summed E-state index contributed by atoms with van der Waals surface area (Å²) in [5.74, 6) is 0.801. The number of aryl methyl sites for hydroxylation is 1. The number of nitrogens with two attached hydrogens (primary N) is 1. The van der Waals surface area contributed by atoms with Crippen LogP contribution in [0.3, 0.4) is 0 Å². The maximum Gasteiger partial charge on any atom is 0.0396 e. The molecule has 1 aromatic rings. The lowest BCUT2D eigenvalue weighted by atomic mass is 9.80. The van der Waals surface area contributed by atoms with Crippen molar-refractivity contribution in [3.63, 3.8) is 0 Å². The van der Waals surface area contributed by atoms with Gasteiger partial charge in [0.25, 0.3) is 0 Å². The molecule has 1 atom stereocenters. The Balaban J connectivity index is 2.11. The first-order valence-corrected chi connectivity index (χ1v) is 7.46. The molecule has 1 heterocycles. The molecule has 1 aromatic carbocycles. The Labute approximate surface area is 118 Å². The van der Waals surface area contributed by atoms with E-state index in [1.54, 1.807) is 0 Å². The molecule has 0 radical (unpaired) electrons. The Morgan fingerprint density at radius 2 is 2.05 bits per heavy atom. The van der Waals surface area contributed by atoms with E-state index < -0.39 is 0 Å². The molecule has 1 aliphatic rings. The van der Waals surface area contributed by atoms with Crippen LogP contribution in [0.2, 0.25) is 0 Å². The Hall–Kier alpha value is -1.02. The normalized spacial score (nSPS) is 20.1. The highest BCUT2D eigenvalue weighted by Gasteiger charge is 2.32. The third-order valence-corrected chi connectivity index (χ3v) is 4.45. The zero-order chi connectivity index (χ0) is 14.0.